The van der Waals surface area contributed by atoms with E-state index < -0.39 is 22.3 Å². The molecule has 1 aliphatic rings. The Morgan fingerprint density at radius 3 is 2.71 bits per heavy atom. The molecule has 1 amide bonds. The Morgan fingerprint density at radius 1 is 1.57 bits per heavy atom. The molecule has 0 heterocycles. The number of anilines is 1. The number of carbonyl (C=O) groups excluding carboxylic acids is 1. The Balaban J connectivity index is 2.20. The summed E-state index contributed by atoms with van der Waals surface area (Å²) in [5, 5.41) is 20.0. The van der Waals surface area contributed by atoms with Crippen LogP contribution in [-0.4, -0.2) is 40.5 Å². The predicted molar refractivity (Wildman–Crippen MR) is 73.2 cm³/mol. The maximum atomic E-state index is 13.4. The summed E-state index contributed by atoms with van der Waals surface area (Å²) < 4.78 is 13.4. The summed E-state index contributed by atoms with van der Waals surface area (Å²) in [6, 6.07) is 1.59. The largest absolute Gasteiger partial charge is 0.393 e. The number of nitrogen functional groups attached to an aromatic ring is 1. The van der Waals surface area contributed by atoms with Crippen molar-refractivity contribution in [3.05, 3.63) is 33.6 Å². The number of hydrogen-bond acceptors (Lipinski definition) is 5. The first kappa shape index (κ1) is 15.2. The number of carbonyl (C=O) groups is 1. The number of amides is 1. The molecule has 1 aromatic carbocycles. The van der Waals surface area contributed by atoms with Crippen molar-refractivity contribution in [3.8, 4) is 0 Å². The molecule has 0 bridgehead atoms. The summed E-state index contributed by atoms with van der Waals surface area (Å²) in [7, 11) is 1.52. The summed E-state index contributed by atoms with van der Waals surface area (Å²) in [5.74, 6) is -1.28. The number of benzene rings is 1. The molecule has 21 heavy (non-hydrogen) atoms. The highest BCUT2D eigenvalue weighted by molar-refractivity contribution is 6.00. The first-order valence-corrected chi connectivity index (χ1v) is 6.46. The fraction of sp³-hybridized carbons (Fsp3) is 0.462. The van der Waals surface area contributed by atoms with E-state index in [1.807, 2.05) is 0 Å². The molecule has 8 heteroatoms. The molecule has 0 saturated heterocycles. The number of nitrogens with zero attached hydrogens (tertiary/aromatic N) is 2. The Morgan fingerprint density at radius 2 is 2.19 bits per heavy atom. The van der Waals surface area contributed by atoms with Crippen LogP contribution in [0.1, 0.15) is 23.2 Å². The summed E-state index contributed by atoms with van der Waals surface area (Å²) in [6.07, 6.45) is 0.881. The normalized spacial score (nSPS) is 20.7. The zero-order valence-corrected chi connectivity index (χ0v) is 11.5. The van der Waals surface area contributed by atoms with E-state index in [0.717, 1.165) is 6.07 Å². The Kier molecular flexibility index (Phi) is 4.08. The van der Waals surface area contributed by atoms with Gasteiger partial charge < -0.3 is 15.7 Å². The average molecular weight is 297 g/mol. The highest BCUT2D eigenvalue weighted by atomic mass is 19.1. The molecular weight excluding hydrogens is 281 g/mol. The van der Waals surface area contributed by atoms with E-state index in [1.54, 1.807) is 0 Å². The molecule has 114 valence electrons. The van der Waals surface area contributed by atoms with Gasteiger partial charge in [0.05, 0.1) is 22.7 Å². The molecule has 0 atom stereocenters. The van der Waals surface area contributed by atoms with E-state index in [9.17, 15) is 24.4 Å². The fourth-order valence-corrected chi connectivity index (χ4v) is 2.46. The smallest absolute Gasteiger partial charge is 0.295 e. The average Bonchev–Trinajstić information content (AvgIpc) is 2.38. The molecule has 2 rings (SSSR count). The van der Waals surface area contributed by atoms with E-state index in [2.05, 4.69) is 0 Å². The lowest BCUT2D eigenvalue weighted by Gasteiger charge is -2.34. The van der Waals surface area contributed by atoms with Crippen LogP contribution in [0.25, 0.3) is 0 Å². The fourth-order valence-electron chi connectivity index (χ4n) is 2.46. The van der Waals surface area contributed by atoms with Gasteiger partial charge in [0.25, 0.3) is 11.6 Å². The quantitative estimate of drug-likeness (QED) is 0.492. The standard InChI is InChI=1S/C13H16FN3O4/c1-16(6-7-2-9(18)3-7)13(19)10-4-8(14)5-11(12(10)15)17(20)21/h4-5,7,9,18H,2-3,6,15H2,1H3. The highest BCUT2D eigenvalue weighted by Gasteiger charge is 2.30. The van der Waals surface area contributed by atoms with Crippen molar-refractivity contribution in [3.63, 3.8) is 0 Å². The van der Waals surface area contributed by atoms with Crippen LogP contribution >= 0.6 is 0 Å². The summed E-state index contributed by atoms with van der Waals surface area (Å²) >= 11 is 0. The maximum Gasteiger partial charge on any atom is 0.295 e. The Bertz CT molecular complexity index is 587. The number of nitro groups is 1. The zero-order valence-electron chi connectivity index (χ0n) is 11.5. The minimum atomic E-state index is -0.883. The summed E-state index contributed by atoms with van der Waals surface area (Å²) in [6.45, 7) is 0.389. The number of halogens is 1. The van der Waals surface area contributed by atoms with Gasteiger partial charge >= 0.3 is 0 Å². The van der Waals surface area contributed by atoms with E-state index in [1.165, 1.54) is 11.9 Å². The van der Waals surface area contributed by atoms with Crippen LogP contribution in [0, 0.1) is 21.8 Å². The molecule has 0 unspecified atom stereocenters. The first-order valence-electron chi connectivity index (χ1n) is 6.46. The third kappa shape index (κ3) is 3.10. The number of nitro benzene ring substituents is 1. The Hall–Kier alpha value is -2.22. The minimum Gasteiger partial charge on any atom is -0.393 e. The van der Waals surface area contributed by atoms with Crippen LogP contribution in [0.4, 0.5) is 15.8 Å². The molecule has 0 spiro atoms. The number of aliphatic hydroxyl groups excluding tert-OH is 1. The molecular formula is C13H16FN3O4. The molecule has 0 radical (unpaired) electrons. The van der Waals surface area contributed by atoms with Crippen LogP contribution in [0.5, 0.6) is 0 Å². The zero-order chi connectivity index (χ0) is 15.7. The van der Waals surface area contributed by atoms with Crippen LogP contribution in [-0.2, 0) is 0 Å². The minimum absolute atomic E-state index is 0.179. The summed E-state index contributed by atoms with van der Waals surface area (Å²) in [5.41, 5.74) is 4.42. The molecule has 1 aliphatic carbocycles. The van der Waals surface area contributed by atoms with Gasteiger partial charge in [-0.1, -0.05) is 0 Å². The van der Waals surface area contributed by atoms with Crippen molar-refractivity contribution >= 4 is 17.3 Å². The highest BCUT2D eigenvalue weighted by Crippen LogP contribution is 2.30. The molecule has 3 N–H and O–H groups in total. The van der Waals surface area contributed by atoms with Crippen molar-refractivity contribution in [1.29, 1.82) is 0 Å². The van der Waals surface area contributed by atoms with Gasteiger partial charge in [-0.2, -0.15) is 0 Å². The van der Waals surface area contributed by atoms with Crippen LogP contribution in [0.2, 0.25) is 0 Å². The second-order valence-electron chi connectivity index (χ2n) is 5.32. The molecule has 1 fully saturated rings. The van der Waals surface area contributed by atoms with E-state index >= 15 is 0 Å². The van der Waals surface area contributed by atoms with Crippen molar-refractivity contribution in [2.24, 2.45) is 5.92 Å². The van der Waals surface area contributed by atoms with Gasteiger partial charge in [-0.15, -0.1) is 0 Å². The number of nitrogens with two attached hydrogens (primary N) is 1. The van der Waals surface area contributed by atoms with Gasteiger partial charge in [-0.05, 0) is 24.8 Å². The third-order valence-electron chi connectivity index (χ3n) is 3.64. The lowest BCUT2D eigenvalue weighted by Crippen LogP contribution is -2.39. The van der Waals surface area contributed by atoms with Crippen LogP contribution < -0.4 is 5.73 Å². The van der Waals surface area contributed by atoms with Crippen LogP contribution in [0.3, 0.4) is 0 Å². The predicted octanol–water partition coefficient (Wildman–Crippen LogP) is 1.16. The van der Waals surface area contributed by atoms with Crippen molar-refractivity contribution in [2.75, 3.05) is 19.3 Å². The van der Waals surface area contributed by atoms with Gasteiger partial charge in [0.15, 0.2) is 0 Å². The van der Waals surface area contributed by atoms with Crippen molar-refractivity contribution < 1.29 is 19.2 Å². The second kappa shape index (κ2) is 5.65. The van der Waals surface area contributed by atoms with E-state index in [-0.39, 0.29) is 23.3 Å². The van der Waals surface area contributed by atoms with Gasteiger partial charge in [-0.3, -0.25) is 14.9 Å². The second-order valence-corrected chi connectivity index (χ2v) is 5.32. The van der Waals surface area contributed by atoms with Crippen LogP contribution in [0.15, 0.2) is 12.1 Å². The molecule has 0 aliphatic heterocycles. The first-order chi connectivity index (χ1) is 9.79. The number of aliphatic hydroxyl groups is 1. The Labute approximate surface area is 120 Å². The van der Waals surface area contributed by atoms with Gasteiger partial charge in [0.1, 0.15) is 11.5 Å². The lowest BCUT2D eigenvalue weighted by atomic mass is 9.82. The lowest BCUT2D eigenvalue weighted by molar-refractivity contribution is -0.384. The van der Waals surface area contributed by atoms with Gasteiger partial charge in [0.2, 0.25) is 0 Å². The monoisotopic (exact) mass is 297 g/mol. The van der Waals surface area contributed by atoms with E-state index in [4.69, 9.17) is 5.73 Å². The van der Waals surface area contributed by atoms with E-state index in [0.29, 0.717) is 25.5 Å². The number of rotatable bonds is 4. The SMILES string of the molecule is CN(CC1CC(O)C1)C(=O)c1cc(F)cc([N+](=O)[O-])c1N. The molecule has 7 nitrogen and oxygen atoms in total. The van der Waals surface area contributed by atoms with Gasteiger partial charge in [0, 0.05) is 13.6 Å². The van der Waals surface area contributed by atoms with Crippen molar-refractivity contribution in [1.82, 2.24) is 4.90 Å². The molecule has 0 aromatic heterocycles. The molecule has 1 aromatic rings. The topological polar surface area (TPSA) is 110 Å². The van der Waals surface area contributed by atoms with Crippen molar-refractivity contribution in [2.45, 2.75) is 18.9 Å². The summed E-state index contributed by atoms with van der Waals surface area (Å²) in [4.78, 5) is 23.6. The van der Waals surface area contributed by atoms with Gasteiger partial charge in [-0.25, -0.2) is 4.39 Å². The third-order valence-corrected chi connectivity index (χ3v) is 3.64. The maximum absolute atomic E-state index is 13.4. The molecule has 1 saturated carbocycles. The number of hydrogen-bond donors (Lipinski definition) is 2.